The van der Waals surface area contributed by atoms with Crippen LogP contribution in [0.5, 0.6) is 5.75 Å². The summed E-state index contributed by atoms with van der Waals surface area (Å²) in [4.78, 5) is 62.2. The van der Waals surface area contributed by atoms with Crippen molar-refractivity contribution >= 4 is 47.6 Å². The molecule has 0 aliphatic carbocycles. The first-order chi connectivity index (χ1) is 18.9. The Morgan fingerprint density at radius 2 is 1.90 bits per heavy atom. The van der Waals surface area contributed by atoms with E-state index in [4.69, 9.17) is 25.1 Å². The van der Waals surface area contributed by atoms with Gasteiger partial charge in [-0.15, -0.1) is 11.8 Å². The number of aliphatic carboxylic acids is 2. The molecule has 15 heteroatoms. The van der Waals surface area contributed by atoms with Gasteiger partial charge in [0, 0.05) is 24.9 Å². The minimum Gasteiger partial charge on any atom is -0.508 e. The fraction of sp³-hybridized carbons (Fsp3) is 0.400. The molecule has 0 saturated carbocycles. The van der Waals surface area contributed by atoms with Gasteiger partial charge in [0.1, 0.15) is 29.5 Å². The van der Waals surface area contributed by atoms with Crippen LogP contribution in [0.4, 0.5) is 0 Å². The summed E-state index contributed by atoms with van der Waals surface area (Å²) in [5.74, 6) is -5.02. The zero-order chi connectivity index (χ0) is 29.6. The highest BCUT2D eigenvalue weighted by molar-refractivity contribution is 8.00. The van der Waals surface area contributed by atoms with Gasteiger partial charge < -0.3 is 40.6 Å². The molecule has 0 aromatic heterocycles. The molecular formula is C25H29N3O11S. The Kier molecular flexibility index (Phi) is 9.78. The summed E-state index contributed by atoms with van der Waals surface area (Å²) in [5, 5.41) is 29.7. The van der Waals surface area contributed by atoms with Gasteiger partial charge in [0.15, 0.2) is 0 Å². The summed E-state index contributed by atoms with van der Waals surface area (Å²) in [5.41, 5.74) is 3.91. The molecule has 3 rings (SSSR count). The predicted octanol–water partition coefficient (Wildman–Crippen LogP) is 0.218. The van der Waals surface area contributed by atoms with Crippen molar-refractivity contribution < 1.29 is 53.5 Å². The van der Waals surface area contributed by atoms with Gasteiger partial charge in [-0.05, 0) is 36.6 Å². The Morgan fingerprint density at radius 3 is 2.48 bits per heavy atom. The van der Waals surface area contributed by atoms with E-state index in [2.05, 4.69) is 5.32 Å². The van der Waals surface area contributed by atoms with Gasteiger partial charge in [-0.1, -0.05) is 12.1 Å². The Labute approximate surface area is 232 Å². The fourth-order valence-electron chi connectivity index (χ4n) is 4.08. The molecule has 14 nitrogen and oxygen atoms in total. The normalized spacial score (nSPS) is 21.2. The number of carboxylic acid groups (broad SMARTS) is 2. The molecule has 216 valence electrons. The van der Waals surface area contributed by atoms with Crippen LogP contribution in [0.15, 0.2) is 41.3 Å². The minimum absolute atomic E-state index is 0.0398. The predicted molar refractivity (Wildman–Crippen MR) is 139 cm³/mol. The topological polar surface area (TPSA) is 215 Å². The highest BCUT2D eigenvalue weighted by atomic mass is 32.2. The first-order valence-electron chi connectivity index (χ1n) is 11.9. The lowest BCUT2D eigenvalue weighted by atomic mass is 9.97. The number of benzene rings is 1. The third-order valence-corrected chi connectivity index (χ3v) is 7.56. The van der Waals surface area contributed by atoms with Gasteiger partial charge in [-0.2, -0.15) is 0 Å². The number of β-lactam (4-membered cyclic amide) rings is 1. The minimum atomic E-state index is -1.82. The van der Waals surface area contributed by atoms with Crippen LogP contribution >= 0.6 is 11.8 Å². The van der Waals surface area contributed by atoms with Crippen LogP contribution in [-0.4, -0.2) is 93.7 Å². The number of nitrogens with one attached hydrogen (secondary N) is 1. The van der Waals surface area contributed by atoms with Crippen LogP contribution in [0.1, 0.15) is 24.8 Å². The van der Waals surface area contributed by atoms with Crippen molar-refractivity contribution in [2.24, 2.45) is 5.73 Å². The van der Waals surface area contributed by atoms with Crippen molar-refractivity contribution in [2.75, 3.05) is 26.6 Å². The second-order valence-electron chi connectivity index (χ2n) is 8.80. The Balaban J connectivity index is 1.70. The maximum atomic E-state index is 13.2. The molecule has 3 atom stereocenters. The lowest BCUT2D eigenvalue weighted by Gasteiger charge is -2.55. The number of nitrogens with two attached hydrogens (primary N) is 1. The maximum Gasteiger partial charge on any atom is 0.373 e. The number of fused-ring (bicyclic) bond motifs is 1. The third-order valence-electron chi connectivity index (χ3n) is 6.19. The number of carbonyl (C=O) groups excluding carboxylic acids is 3. The molecule has 0 radical (unpaired) electrons. The molecule has 1 fully saturated rings. The van der Waals surface area contributed by atoms with Crippen LogP contribution in [0, 0.1) is 0 Å². The average Bonchev–Trinajstić information content (AvgIpc) is 2.93. The number of ether oxygens (including phenoxy) is 3. The van der Waals surface area contributed by atoms with Crippen molar-refractivity contribution in [3.63, 3.8) is 0 Å². The number of rotatable bonds is 13. The van der Waals surface area contributed by atoms with Gasteiger partial charge in [0.2, 0.25) is 11.7 Å². The van der Waals surface area contributed by atoms with E-state index in [0.717, 1.165) is 16.7 Å². The van der Waals surface area contributed by atoms with Crippen LogP contribution in [0.2, 0.25) is 0 Å². The molecule has 2 aliphatic rings. The summed E-state index contributed by atoms with van der Waals surface area (Å²) >= 11 is 1.11. The molecule has 2 amide bonds. The zero-order valence-electron chi connectivity index (χ0n) is 21.6. The third kappa shape index (κ3) is 6.38. The second kappa shape index (κ2) is 12.8. The van der Waals surface area contributed by atoms with Crippen LogP contribution in [0.25, 0.3) is 6.08 Å². The number of carboxylic acids is 2. The summed E-state index contributed by atoms with van der Waals surface area (Å²) in [6, 6.07) is 4.81. The van der Waals surface area contributed by atoms with E-state index in [9.17, 15) is 34.2 Å². The molecule has 1 aromatic rings. The first-order valence-corrected chi connectivity index (χ1v) is 13.0. The van der Waals surface area contributed by atoms with E-state index >= 15 is 0 Å². The number of hydrogen-bond acceptors (Lipinski definition) is 11. The number of hydrogen-bond donors (Lipinski definition) is 5. The molecule has 6 N–H and O–H groups in total. The number of carbonyl (C=O) groups is 5. The van der Waals surface area contributed by atoms with E-state index in [-0.39, 0.29) is 42.1 Å². The fourth-order valence-corrected chi connectivity index (χ4v) is 5.50. The largest absolute Gasteiger partial charge is 0.508 e. The maximum absolute atomic E-state index is 13.2. The quantitative estimate of drug-likeness (QED) is 0.0696. The van der Waals surface area contributed by atoms with Gasteiger partial charge in [-0.3, -0.25) is 19.3 Å². The first kappa shape index (κ1) is 30.5. The van der Waals surface area contributed by atoms with E-state index in [0.29, 0.717) is 5.56 Å². The van der Waals surface area contributed by atoms with Crippen LogP contribution in [-0.2, 0) is 38.2 Å². The highest BCUT2D eigenvalue weighted by Crippen LogP contribution is 2.46. The van der Waals surface area contributed by atoms with Gasteiger partial charge in [-0.25, -0.2) is 9.59 Å². The molecule has 2 heterocycles. The van der Waals surface area contributed by atoms with Crippen molar-refractivity contribution in [1.82, 2.24) is 10.2 Å². The Morgan fingerprint density at radius 1 is 1.23 bits per heavy atom. The summed E-state index contributed by atoms with van der Waals surface area (Å²) in [7, 11) is 2.46. The van der Waals surface area contributed by atoms with Gasteiger partial charge >= 0.3 is 17.9 Å². The van der Waals surface area contributed by atoms with Crippen LogP contribution < -0.4 is 11.1 Å². The highest BCUT2D eigenvalue weighted by Gasteiger charge is 2.66. The number of methoxy groups -OCH3 is 2. The van der Waals surface area contributed by atoms with E-state index in [1.165, 1.54) is 32.4 Å². The van der Waals surface area contributed by atoms with E-state index in [1.54, 1.807) is 12.1 Å². The van der Waals surface area contributed by atoms with Gasteiger partial charge in [0.25, 0.3) is 11.6 Å². The van der Waals surface area contributed by atoms with Crippen molar-refractivity contribution in [3.05, 3.63) is 46.9 Å². The summed E-state index contributed by atoms with van der Waals surface area (Å²) in [6.45, 7) is -0.448. The average molecular weight is 580 g/mol. The molecule has 1 saturated heterocycles. The molecule has 0 spiro atoms. The smallest absolute Gasteiger partial charge is 0.373 e. The lowest BCUT2D eigenvalue weighted by Crippen LogP contribution is -2.80. The second-order valence-corrected chi connectivity index (χ2v) is 9.87. The summed E-state index contributed by atoms with van der Waals surface area (Å²) in [6.07, 6.45) is 1.45. The standard InChI is InChI=1S/C25H29N3O11S/c1-37-17(10-13-6-8-15(29)9-7-13)22(35)39-11-14-12-40-24-25(38-2,23(36)28(24)19(14)21(33)34)27-18(30)5-3-4-16(26)20(31)32/h6-10,16,24,29H,3-5,11-12,26H2,1-2H3,(H,27,30)(H,31,32)(H,33,34)/t16-,24-,25+/m1/s1. The Bertz CT molecular complexity index is 1250. The van der Waals surface area contributed by atoms with Crippen molar-refractivity contribution in [2.45, 2.75) is 36.4 Å². The summed E-state index contributed by atoms with van der Waals surface area (Å²) < 4.78 is 15.7. The molecule has 0 bridgehead atoms. The monoisotopic (exact) mass is 579 g/mol. The zero-order valence-corrected chi connectivity index (χ0v) is 22.4. The van der Waals surface area contributed by atoms with Gasteiger partial charge in [0.05, 0.1) is 7.11 Å². The lowest BCUT2D eigenvalue weighted by molar-refractivity contribution is -0.192. The molecule has 40 heavy (non-hydrogen) atoms. The van der Waals surface area contributed by atoms with Crippen LogP contribution in [0.3, 0.4) is 0 Å². The number of phenols is 1. The number of thioether (sulfide) groups is 1. The van der Waals surface area contributed by atoms with E-state index in [1.807, 2.05) is 0 Å². The number of aromatic hydroxyl groups is 1. The molecule has 2 aliphatic heterocycles. The van der Waals surface area contributed by atoms with Crippen molar-refractivity contribution in [3.8, 4) is 5.75 Å². The number of amides is 2. The van der Waals surface area contributed by atoms with E-state index < -0.39 is 59.2 Å². The molecule has 1 aromatic carbocycles. The Hall–Kier alpha value is -4.08. The molecular weight excluding hydrogens is 550 g/mol. The van der Waals surface area contributed by atoms with Crippen molar-refractivity contribution in [1.29, 1.82) is 0 Å². The molecule has 0 unspecified atom stereocenters. The number of esters is 1. The number of nitrogens with zero attached hydrogens (tertiary/aromatic N) is 1. The SMILES string of the molecule is COC(=Cc1ccc(O)cc1)C(=O)OCC1=C(C(=O)O)N2C(=O)[C@](NC(=O)CCC[C@@H](N)C(=O)O)(OC)[C@H]2SC1. The number of phenolic OH excluding ortho intramolecular Hbond substituents is 1.